The Morgan fingerprint density at radius 1 is 0.784 bits per heavy atom. The second-order valence-corrected chi connectivity index (χ2v) is 10.9. The normalized spacial score (nSPS) is 16.5. The number of ether oxygens (including phenoxy) is 3. The molecule has 1 aromatic carbocycles. The second-order valence-electron chi connectivity index (χ2n) is 10.9. The van der Waals surface area contributed by atoms with Crippen molar-refractivity contribution in [2.75, 3.05) is 13.2 Å². The van der Waals surface area contributed by atoms with Crippen LogP contribution in [0.5, 0.6) is 0 Å². The van der Waals surface area contributed by atoms with Gasteiger partial charge in [0.2, 0.25) is 11.8 Å². The maximum Gasteiger partial charge on any atom is 0.408 e. The van der Waals surface area contributed by atoms with Gasteiger partial charge in [0.15, 0.2) is 6.29 Å². The Kier molecular flexibility index (Phi) is 12.9. The van der Waals surface area contributed by atoms with Gasteiger partial charge in [-0.1, -0.05) is 71.9 Å². The predicted octanol–water partition coefficient (Wildman–Crippen LogP) is 3.76. The van der Waals surface area contributed by atoms with Crippen LogP contribution in [-0.4, -0.2) is 55.5 Å². The smallest absolute Gasteiger partial charge is 0.408 e. The predicted molar refractivity (Wildman–Crippen MR) is 141 cm³/mol. The van der Waals surface area contributed by atoms with Gasteiger partial charge in [0.05, 0.1) is 19.3 Å². The van der Waals surface area contributed by atoms with Crippen molar-refractivity contribution in [1.82, 2.24) is 16.0 Å². The molecule has 9 heteroatoms. The number of benzene rings is 1. The fourth-order valence-corrected chi connectivity index (χ4v) is 4.22. The molecule has 0 saturated carbocycles. The second kappa shape index (κ2) is 15.6. The highest BCUT2D eigenvalue weighted by Gasteiger charge is 2.33. The van der Waals surface area contributed by atoms with Crippen molar-refractivity contribution in [2.24, 2.45) is 17.8 Å². The average molecular weight is 520 g/mol. The van der Waals surface area contributed by atoms with Crippen molar-refractivity contribution in [1.29, 1.82) is 0 Å². The quantitative estimate of drug-likeness (QED) is 0.345. The molecule has 2 rings (SSSR count). The fourth-order valence-electron chi connectivity index (χ4n) is 4.22. The molecule has 0 bridgehead atoms. The third-order valence-electron chi connectivity index (χ3n) is 5.90. The Hall–Kier alpha value is -2.65. The van der Waals surface area contributed by atoms with Gasteiger partial charge in [-0.3, -0.25) is 9.59 Å². The van der Waals surface area contributed by atoms with Crippen LogP contribution in [0.15, 0.2) is 30.3 Å². The third kappa shape index (κ3) is 11.5. The lowest BCUT2D eigenvalue weighted by Crippen LogP contribution is -2.57. The van der Waals surface area contributed by atoms with E-state index in [-0.39, 0.29) is 30.4 Å². The molecule has 1 aliphatic rings. The zero-order chi connectivity index (χ0) is 27.4. The van der Waals surface area contributed by atoms with Gasteiger partial charge in [-0.2, -0.15) is 0 Å². The minimum Gasteiger partial charge on any atom is -0.445 e. The summed E-state index contributed by atoms with van der Waals surface area (Å²) in [5, 5.41) is 8.61. The van der Waals surface area contributed by atoms with Crippen LogP contribution in [0.3, 0.4) is 0 Å². The summed E-state index contributed by atoms with van der Waals surface area (Å²) in [4.78, 5) is 39.1. The zero-order valence-corrected chi connectivity index (χ0v) is 23.1. The van der Waals surface area contributed by atoms with E-state index < -0.39 is 30.4 Å². The van der Waals surface area contributed by atoms with Crippen molar-refractivity contribution in [3.63, 3.8) is 0 Å². The van der Waals surface area contributed by atoms with E-state index in [0.29, 0.717) is 38.4 Å². The minimum absolute atomic E-state index is 0.101. The van der Waals surface area contributed by atoms with E-state index in [9.17, 15) is 14.4 Å². The lowest BCUT2D eigenvalue weighted by molar-refractivity contribution is -0.133. The molecular weight excluding hydrogens is 474 g/mol. The third-order valence-corrected chi connectivity index (χ3v) is 5.90. The molecule has 0 spiro atoms. The van der Waals surface area contributed by atoms with Crippen molar-refractivity contribution >= 4 is 17.9 Å². The number of carbonyl (C=O) groups is 3. The number of carbonyl (C=O) groups excluding carboxylic acids is 3. The standard InChI is InChI=1S/C28H45N3O6/c1-18(2)14-22(25(32)30-24(16-20(5)6)27-35-12-13-36-27)29-26(33)23(15-19(3)4)31-28(34)37-17-21-10-8-7-9-11-21/h7-11,18-20,22-24,27H,12-17H2,1-6H3,(H,29,33)(H,30,32)(H,31,34). The monoisotopic (exact) mass is 519 g/mol. The van der Waals surface area contributed by atoms with Gasteiger partial charge in [0, 0.05) is 0 Å². The molecule has 3 N–H and O–H groups in total. The van der Waals surface area contributed by atoms with Crippen LogP contribution < -0.4 is 16.0 Å². The Balaban J connectivity index is 2.05. The first-order valence-corrected chi connectivity index (χ1v) is 13.4. The summed E-state index contributed by atoms with van der Waals surface area (Å²) >= 11 is 0. The van der Waals surface area contributed by atoms with E-state index in [2.05, 4.69) is 29.8 Å². The summed E-state index contributed by atoms with van der Waals surface area (Å²) in [6.45, 7) is 13.1. The summed E-state index contributed by atoms with van der Waals surface area (Å²) < 4.78 is 16.6. The maximum absolute atomic E-state index is 13.3. The highest BCUT2D eigenvalue weighted by molar-refractivity contribution is 5.91. The van der Waals surface area contributed by atoms with Gasteiger partial charge in [0.25, 0.3) is 0 Å². The molecule has 1 fully saturated rings. The molecule has 3 amide bonds. The number of nitrogens with one attached hydrogen (secondary N) is 3. The number of amides is 3. The van der Waals surface area contributed by atoms with Gasteiger partial charge in [-0.05, 0) is 42.6 Å². The highest BCUT2D eigenvalue weighted by Crippen LogP contribution is 2.17. The molecule has 37 heavy (non-hydrogen) atoms. The molecule has 1 aromatic rings. The van der Waals surface area contributed by atoms with Crippen molar-refractivity contribution in [3.05, 3.63) is 35.9 Å². The van der Waals surface area contributed by atoms with E-state index in [1.165, 1.54) is 0 Å². The topological polar surface area (TPSA) is 115 Å². The van der Waals surface area contributed by atoms with Crippen molar-refractivity contribution < 1.29 is 28.6 Å². The zero-order valence-electron chi connectivity index (χ0n) is 23.1. The molecule has 0 aromatic heterocycles. The first kappa shape index (κ1) is 30.6. The summed E-state index contributed by atoms with van der Waals surface area (Å²) in [6.07, 6.45) is 0.357. The van der Waals surface area contributed by atoms with Gasteiger partial charge in [0.1, 0.15) is 18.7 Å². The van der Waals surface area contributed by atoms with Crippen molar-refractivity contribution in [3.8, 4) is 0 Å². The summed E-state index contributed by atoms with van der Waals surface area (Å²) in [7, 11) is 0. The Morgan fingerprint density at radius 2 is 1.30 bits per heavy atom. The molecule has 9 nitrogen and oxygen atoms in total. The summed E-state index contributed by atoms with van der Waals surface area (Å²) in [5.74, 6) is -0.0972. The van der Waals surface area contributed by atoms with Crippen LogP contribution in [-0.2, 0) is 30.4 Å². The van der Waals surface area contributed by atoms with Crippen LogP contribution in [0.2, 0.25) is 0 Å². The van der Waals surface area contributed by atoms with E-state index >= 15 is 0 Å². The van der Waals surface area contributed by atoms with E-state index in [1.54, 1.807) is 0 Å². The van der Waals surface area contributed by atoms with Gasteiger partial charge < -0.3 is 30.2 Å². The van der Waals surface area contributed by atoms with E-state index in [1.807, 2.05) is 58.0 Å². The number of hydrogen-bond donors (Lipinski definition) is 3. The molecule has 3 unspecified atom stereocenters. The maximum atomic E-state index is 13.3. The van der Waals surface area contributed by atoms with Crippen LogP contribution in [0.25, 0.3) is 0 Å². The van der Waals surface area contributed by atoms with Crippen LogP contribution in [0, 0.1) is 17.8 Å². The Labute approximate surface area is 221 Å². The summed E-state index contributed by atoms with van der Waals surface area (Å²) in [6, 6.07) is 7.40. The lowest BCUT2D eigenvalue weighted by Gasteiger charge is -2.29. The van der Waals surface area contributed by atoms with Crippen LogP contribution >= 0.6 is 0 Å². The highest BCUT2D eigenvalue weighted by atomic mass is 16.7. The Morgan fingerprint density at radius 3 is 1.84 bits per heavy atom. The SMILES string of the molecule is CC(C)CC(NC(=O)OCc1ccccc1)C(=O)NC(CC(C)C)C(=O)NC(CC(C)C)C1OCCO1. The molecule has 1 saturated heterocycles. The van der Waals surface area contributed by atoms with E-state index in [0.717, 1.165) is 5.56 Å². The van der Waals surface area contributed by atoms with Crippen LogP contribution in [0.1, 0.15) is 66.4 Å². The molecule has 208 valence electrons. The first-order chi connectivity index (χ1) is 17.5. The van der Waals surface area contributed by atoms with Crippen molar-refractivity contribution in [2.45, 2.75) is 91.8 Å². The number of hydrogen-bond acceptors (Lipinski definition) is 6. The fraction of sp³-hybridized carbons (Fsp3) is 0.679. The first-order valence-electron chi connectivity index (χ1n) is 13.4. The minimum atomic E-state index is -0.835. The number of alkyl carbamates (subject to hydrolysis) is 1. The molecule has 1 heterocycles. The van der Waals surface area contributed by atoms with Gasteiger partial charge in [-0.15, -0.1) is 0 Å². The number of rotatable bonds is 14. The average Bonchev–Trinajstić information content (AvgIpc) is 3.36. The van der Waals surface area contributed by atoms with Crippen LogP contribution in [0.4, 0.5) is 4.79 Å². The largest absolute Gasteiger partial charge is 0.445 e. The molecular formula is C28H45N3O6. The molecule has 1 aliphatic heterocycles. The van der Waals surface area contributed by atoms with Gasteiger partial charge in [-0.25, -0.2) is 4.79 Å². The molecule has 3 atom stereocenters. The summed E-state index contributed by atoms with van der Waals surface area (Å²) in [5.41, 5.74) is 0.849. The Bertz CT molecular complexity index is 840. The van der Waals surface area contributed by atoms with E-state index in [4.69, 9.17) is 14.2 Å². The van der Waals surface area contributed by atoms with Gasteiger partial charge >= 0.3 is 6.09 Å². The lowest BCUT2D eigenvalue weighted by atomic mass is 9.99. The molecule has 0 radical (unpaired) electrons. The molecule has 0 aliphatic carbocycles.